The first-order valence-electron chi connectivity index (χ1n) is 11.3. The highest BCUT2D eigenvalue weighted by Crippen LogP contribution is 2.52. The maximum atomic E-state index is 13.6. The first kappa shape index (κ1) is 24.4. The fourth-order valence-electron chi connectivity index (χ4n) is 5.91. The van der Waals surface area contributed by atoms with Gasteiger partial charge in [-0.15, -0.1) is 0 Å². The number of nitriles is 1. The Labute approximate surface area is 201 Å². The quantitative estimate of drug-likeness (QED) is 0.302. The van der Waals surface area contributed by atoms with Gasteiger partial charge in [-0.25, -0.2) is 0 Å². The molecule has 184 valence electrons. The fourth-order valence-corrected chi connectivity index (χ4v) is 5.91. The highest BCUT2D eigenvalue weighted by molar-refractivity contribution is 6.24. The number of amides is 1. The summed E-state index contributed by atoms with van der Waals surface area (Å²) >= 11 is 0. The lowest BCUT2D eigenvalue weighted by atomic mass is 9.58. The molecule has 0 saturated heterocycles. The summed E-state index contributed by atoms with van der Waals surface area (Å²) in [5, 5.41) is 52.9. The van der Waals surface area contributed by atoms with Crippen molar-refractivity contribution in [1.29, 1.82) is 5.26 Å². The molecule has 3 aliphatic rings. The van der Waals surface area contributed by atoms with E-state index in [9.17, 15) is 34.8 Å². The number of rotatable bonds is 5. The Hall–Kier alpha value is -3.68. The number of carbonyl (C=O) groups excluding carboxylic acids is 3. The minimum absolute atomic E-state index is 0.0137. The van der Waals surface area contributed by atoms with Gasteiger partial charge in [0.25, 0.3) is 5.91 Å². The van der Waals surface area contributed by atoms with E-state index in [0.29, 0.717) is 24.8 Å². The number of phenolic OH excluding ortho intramolecular Hbond substituents is 1. The molecule has 0 aromatic heterocycles. The summed E-state index contributed by atoms with van der Waals surface area (Å²) in [5.41, 5.74) is 3.03. The number of hydrogen-bond donors (Lipinski definition) is 5. The van der Waals surface area contributed by atoms with E-state index in [1.807, 2.05) is 0 Å². The van der Waals surface area contributed by atoms with E-state index in [4.69, 9.17) is 11.0 Å². The molecule has 6 N–H and O–H groups in total. The smallest absolute Gasteiger partial charge is 0.255 e. The maximum absolute atomic E-state index is 13.6. The van der Waals surface area contributed by atoms with E-state index >= 15 is 0 Å². The highest BCUT2D eigenvalue weighted by atomic mass is 16.3. The van der Waals surface area contributed by atoms with Crippen molar-refractivity contribution in [3.05, 3.63) is 51.5 Å². The molecule has 1 aromatic carbocycles. The largest absolute Gasteiger partial charge is 0.510 e. The number of benzene rings is 1. The molecule has 0 fully saturated rings. The molecule has 0 spiro atoms. The second-order valence-electron chi connectivity index (χ2n) is 9.57. The molecule has 0 radical (unpaired) electrons. The first-order chi connectivity index (χ1) is 16.5. The van der Waals surface area contributed by atoms with Gasteiger partial charge >= 0.3 is 0 Å². The summed E-state index contributed by atoms with van der Waals surface area (Å²) in [7, 11) is 3.16. The Morgan fingerprint density at radius 3 is 2.54 bits per heavy atom. The average molecular weight is 482 g/mol. The fraction of sp³-hybridized carbons (Fsp3) is 0.440. The van der Waals surface area contributed by atoms with Gasteiger partial charge in [0.2, 0.25) is 5.78 Å². The summed E-state index contributed by atoms with van der Waals surface area (Å²) in [6.45, 7) is 0. The van der Waals surface area contributed by atoms with Gasteiger partial charge in [0, 0.05) is 17.9 Å². The number of likely N-dealkylation sites (N-methyl/N-ethyl adjacent to an activating group) is 1. The molecule has 0 aliphatic heterocycles. The number of allylic oxidation sites excluding steroid dienone is 1. The Balaban J connectivity index is 1.90. The lowest BCUT2D eigenvalue weighted by Gasteiger charge is -2.50. The van der Waals surface area contributed by atoms with Gasteiger partial charge in [0.15, 0.2) is 11.4 Å². The van der Waals surface area contributed by atoms with Crippen LogP contribution in [0.5, 0.6) is 5.75 Å². The molecule has 1 amide bonds. The lowest BCUT2D eigenvalue weighted by Crippen LogP contribution is -2.63. The number of phenols is 1. The number of aromatic hydroxyl groups is 1. The minimum Gasteiger partial charge on any atom is -0.510 e. The summed E-state index contributed by atoms with van der Waals surface area (Å²) in [6, 6.07) is 4.12. The predicted molar refractivity (Wildman–Crippen MR) is 122 cm³/mol. The number of aryl methyl sites for hydroxylation is 1. The van der Waals surface area contributed by atoms with Gasteiger partial charge in [0.1, 0.15) is 22.8 Å². The molecule has 0 unspecified atom stereocenters. The van der Waals surface area contributed by atoms with Crippen molar-refractivity contribution in [3.63, 3.8) is 0 Å². The number of nitrogens with two attached hydrogens (primary N) is 1. The zero-order valence-corrected chi connectivity index (χ0v) is 19.4. The van der Waals surface area contributed by atoms with Gasteiger partial charge in [-0.05, 0) is 62.9 Å². The normalized spacial score (nSPS) is 27.9. The number of aliphatic hydroxyl groups excluding tert-OH is 2. The standard InChI is InChI=1S/C25H27N3O7/c1-28(2)19-14-10-12-9-13-11(5-3-4-8-26)6-7-15(29)17(13)20(30)16(12)22(32)25(14,35)23(33)18(21(19)31)24(27)34/h6-7,12,14,19,29,31-32,35H,3-5,9-10H2,1-2H3,(H2,27,34)/t12-,14-,19-,25-/m0/s1. The molecule has 0 saturated carbocycles. The van der Waals surface area contributed by atoms with Gasteiger partial charge in [-0.3, -0.25) is 19.3 Å². The molecule has 1 aromatic rings. The van der Waals surface area contributed by atoms with E-state index in [2.05, 4.69) is 6.07 Å². The summed E-state index contributed by atoms with van der Waals surface area (Å²) in [6.07, 6.45) is 1.69. The maximum Gasteiger partial charge on any atom is 0.255 e. The summed E-state index contributed by atoms with van der Waals surface area (Å²) in [4.78, 5) is 40.3. The summed E-state index contributed by atoms with van der Waals surface area (Å²) < 4.78 is 0. The third-order valence-electron chi connectivity index (χ3n) is 7.44. The third-order valence-corrected chi connectivity index (χ3v) is 7.44. The number of nitrogens with zero attached hydrogens (tertiary/aromatic N) is 2. The molecule has 4 atom stereocenters. The molecule has 10 nitrogen and oxygen atoms in total. The molecular formula is C25H27N3O7. The van der Waals surface area contributed by atoms with Crippen molar-refractivity contribution in [2.24, 2.45) is 17.6 Å². The lowest BCUT2D eigenvalue weighted by molar-refractivity contribution is -0.148. The van der Waals surface area contributed by atoms with Crippen LogP contribution in [0, 0.1) is 23.2 Å². The van der Waals surface area contributed by atoms with Crippen LogP contribution in [-0.4, -0.2) is 68.5 Å². The van der Waals surface area contributed by atoms with Gasteiger partial charge < -0.3 is 26.2 Å². The molecule has 35 heavy (non-hydrogen) atoms. The third kappa shape index (κ3) is 3.42. The van der Waals surface area contributed by atoms with E-state index in [0.717, 1.165) is 5.56 Å². The van der Waals surface area contributed by atoms with Crippen molar-refractivity contribution in [2.45, 2.75) is 43.7 Å². The van der Waals surface area contributed by atoms with Gasteiger partial charge in [-0.2, -0.15) is 5.26 Å². The number of primary amides is 1. The second-order valence-corrected chi connectivity index (χ2v) is 9.57. The van der Waals surface area contributed by atoms with Crippen molar-refractivity contribution in [1.82, 2.24) is 4.90 Å². The van der Waals surface area contributed by atoms with Crippen LogP contribution in [0.3, 0.4) is 0 Å². The van der Waals surface area contributed by atoms with Gasteiger partial charge in [0.05, 0.1) is 17.7 Å². The monoisotopic (exact) mass is 481 g/mol. The zero-order valence-electron chi connectivity index (χ0n) is 19.4. The Bertz CT molecular complexity index is 1260. The van der Waals surface area contributed by atoms with Crippen LogP contribution in [0.15, 0.2) is 34.8 Å². The number of unbranched alkanes of at least 4 members (excludes halogenated alkanes) is 1. The minimum atomic E-state index is -2.65. The Kier molecular flexibility index (Phi) is 5.95. The molecule has 4 rings (SSSR count). The molecule has 0 heterocycles. The van der Waals surface area contributed by atoms with Crippen LogP contribution >= 0.6 is 0 Å². The van der Waals surface area contributed by atoms with Crippen LogP contribution in [0.1, 0.15) is 40.7 Å². The van der Waals surface area contributed by atoms with Crippen LogP contribution in [0.4, 0.5) is 0 Å². The van der Waals surface area contributed by atoms with Crippen molar-refractivity contribution in [2.75, 3.05) is 14.1 Å². The van der Waals surface area contributed by atoms with Crippen LogP contribution in [0.2, 0.25) is 0 Å². The van der Waals surface area contributed by atoms with E-state index in [1.165, 1.54) is 11.0 Å². The molecule has 10 heteroatoms. The number of ketones is 2. The van der Waals surface area contributed by atoms with Crippen molar-refractivity contribution < 1.29 is 34.8 Å². The highest BCUT2D eigenvalue weighted by Gasteiger charge is 2.63. The first-order valence-corrected chi connectivity index (χ1v) is 11.3. The number of carbonyl (C=O) groups is 3. The van der Waals surface area contributed by atoms with Crippen LogP contribution in [-0.2, 0) is 22.4 Å². The van der Waals surface area contributed by atoms with Crippen LogP contribution in [0.25, 0.3) is 0 Å². The number of fused-ring (bicyclic) bond motifs is 3. The van der Waals surface area contributed by atoms with Crippen molar-refractivity contribution >= 4 is 17.5 Å². The van der Waals surface area contributed by atoms with E-state index in [-0.39, 0.29) is 29.7 Å². The van der Waals surface area contributed by atoms with Crippen molar-refractivity contribution in [3.8, 4) is 11.8 Å². The molecule has 0 bridgehead atoms. The van der Waals surface area contributed by atoms with Crippen LogP contribution < -0.4 is 5.73 Å². The average Bonchev–Trinajstić information content (AvgIpc) is 2.77. The van der Waals surface area contributed by atoms with E-state index < -0.39 is 58.0 Å². The number of aliphatic hydroxyl groups is 3. The number of Topliss-reactive ketones (excluding diaryl/α,β-unsaturated/α-hetero) is 2. The zero-order chi connectivity index (χ0) is 25.8. The Morgan fingerprint density at radius 1 is 1.26 bits per heavy atom. The molecular weight excluding hydrogens is 454 g/mol. The van der Waals surface area contributed by atoms with Gasteiger partial charge in [-0.1, -0.05) is 6.07 Å². The SMILES string of the molecule is CN(C)[C@@H]1C(O)=C(C(N)=O)C(=O)[C@@]2(O)C(O)=C3C(=O)c4c(O)ccc(CCCC#N)c4C[C@H]3C[C@@H]12. The van der Waals surface area contributed by atoms with E-state index in [1.54, 1.807) is 20.2 Å². The predicted octanol–water partition coefficient (Wildman–Crippen LogP) is 0.967. The molecule has 3 aliphatic carbocycles. The second kappa shape index (κ2) is 8.52. The summed E-state index contributed by atoms with van der Waals surface area (Å²) in [5.74, 6) is -6.69. The number of hydrogen-bond acceptors (Lipinski definition) is 9. The Morgan fingerprint density at radius 2 is 1.94 bits per heavy atom. The topological polar surface area (TPSA) is 185 Å².